The molecular formula is C24H14Cl2F3N3O4S. The summed E-state index contributed by atoms with van der Waals surface area (Å²) in [5.74, 6) is -1.22. The Balaban J connectivity index is 1.60. The Morgan fingerprint density at radius 2 is 1.49 bits per heavy atom. The van der Waals surface area contributed by atoms with Crippen LogP contribution in [0, 0.1) is 0 Å². The van der Waals surface area contributed by atoms with E-state index in [1.54, 1.807) is 12.1 Å². The molecule has 0 atom stereocenters. The molecule has 190 valence electrons. The number of aromatic nitrogens is 2. The quantitative estimate of drug-likeness (QED) is 0.300. The molecule has 1 aromatic heterocycles. The number of imide groups is 1. The molecule has 1 aliphatic rings. The van der Waals surface area contributed by atoms with E-state index in [0.717, 1.165) is 27.1 Å². The third kappa shape index (κ3) is 4.26. The van der Waals surface area contributed by atoms with Gasteiger partial charge in [0.15, 0.2) is 0 Å². The average Bonchev–Trinajstić information content (AvgIpc) is 3.32. The number of imidazole rings is 1. The van der Waals surface area contributed by atoms with Crippen LogP contribution in [-0.2, 0) is 22.6 Å². The number of halogens is 5. The summed E-state index contributed by atoms with van der Waals surface area (Å²) in [5, 5.41) is 0.0867. The van der Waals surface area contributed by atoms with Crippen LogP contribution in [0.4, 0.5) is 13.2 Å². The molecule has 37 heavy (non-hydrogen) atoms. The van der Waals surface area contributed by atoms with Crippen molar-refractivity contribution in [2.45, 2.75) is 17.5 Å². The fourth-order valence-electron chi connectivity index (χ4n) is 4.12. The molecule has 0 spiro atoms. The number of fused-ring (bicyclic) bond motifs is 2. The fourth-order valence-corrected chi connectivity index (χ4v) is 5.99. The monoisotopic (exact) mass is 567 g/mol. The lowest BCUT2D eigenvalue weighted by Crippen LogP contribution is -2.32. The van der Waals surface area contributed by atoms with Crippen LogP contribution in [0.3, 0.4) is 0 Å². The van der Waals surface area contributed by atoms with E-state index < -0.39 is 38.5 Å². The lowest BCUT2D eigenvalue weighted by Gasteiger charge is -2.15. The second kappa shape index (κ2) is 8.86. The molecule has 0 bridgehead atoms. The Morgan fingerprint density at radius 3 is 2.11 bits per heavy atom. The van der Waals surface area contributed by atoms with Gasteiger partial charge >= 0.3 is 6.18 Å². The predicted octanol–water partition coefficient (Wildman–Crippen LogP) is 5.44. The summed E-state index contributed by atoms with van der Waals surface area (Å²) >= 11 is 12.2. The van der Waals surface area contributed by atoms with Gasteiger partial charge in [0.05, 0.1) is 42.7 Å². The minimum atomic E-state index is -4.77. The van der Waals surface area contributed by atoms with Crippen molar-refractivity contribution in [1.82, 2.24) is 13.9 Å². The molecule has 2 heterocycles. The highest BCUT2D eigenvalue weighted by molar-refractivity contribution is 7.90. The van der Waals surface area contributed by atoms with E-state index in [9.17, 15) is 31.2 Å². The largest absolute Gasteiger partial charge is 0.416 e. The Labute approximate surface area is 218 Å². The van der Waals surface area contributed by atoms with Crippen molar-refractivity contribution in [3.05, 3.63) is 93.2 Å². The highest BCUT2D eigenvalue weighted by Crippen LogP contribution is 2.34. The second-order valence-corrected chi connectivity index (χ2v) is 10.7. The first kappa shape index (κ1) is 25.2. The van der Waals surface area contributed by atoms with Crippen LogP contribution < -0.4 is 0 Å². The van der Waals surface area contributed by atoms with E-state index in [4.69, 9.17) is 23.2 Å². The summed E-state index contributed by atoms with van der Waals surface area (Å²) in [6, 6.07) is 12.1. The third-order valence-electron chi connectivity index (χ3n) is 5.86. The molecule has 13 heteroatoms. The molecule has 0 saturated carbocycles. The van der Waals surface area contributed by atoms with Crippen LogP contribution in [-0.4, -0.2) is 40.6 Å². The number of alkyl halides is 3. The summed E-state index contributed by atoms with van der Waals surface area (Å²) in [5.41, 5.74) is -0.620. The third-order valence-corrected chi connectivity index (χ3v) is 8.32. The first-order valence-electron chi connectivity index (χ1n) is 10.6. The summed E-state index contributed by atoms with van der Waals surface area (Å²) in [4.78, 5) is 30.1. The van der Waals surface area contributed by atoms with Crippen molar-refractivity contribution >= 4 is 56.1 Å². The molecule has 0 radical (unpaired) electrons. The van der Waals surface area contributed by atoms with Crippen LogP contribution in [0.1, 0.15) is 32.1 Å². The molecule has 3 aromatic carbocycles. The SMILES string of the molecule is O=C1c2ccccc2C(=O)N1CCc1nc2cc(Cl)c(Cl)cc2n1S(=O)(=O)c1cccc(C(F)(F)F)c1. The normalized spacial score (nSPS) is 14.0. The molecule has 0 aliphatic carbocycles. The Hall–Kier alpha value is -3.41. The van der Waals surface area contributed by atoms with Crippen molar-refractivity contribution < 1.29 is 31.2 Å². The van der Waals surface area contributed by atoms with Crippen molar-refractivity contribution in [3.8, 4) is 0 Å². The topological polar surface area (TPSA) is 89.3 Å². The standard InChI is InChI=1S/C24H14Cl2F3N3O4S/c25-17-11-19-20(12-18(17)26)32(37(35,36)14-5-3-4-13(10-14)24(27,28)29)21(30-19)8-9-31-22(33)15-6-1-2-7-16(15)23(31)34/h1-7,10-12H,8-9H2. The van der Waals surface area contributed by atoms with Crippen LogP contribution in [0.15, 0.2) is 65.6 Å². The van der Waals surface area contributed by atoms with E-state index in [0.29, 0.717) is 6.07 Å². The van der Waals surface area contributed by atoms with Gasteiger partial charge in [-0.25, -0.2) is 17.4 Å². The maximum atomic E-state index is 13.6. The average molecular weight is 568 g/mol. The van der Waals surface area contributed by atoms with E-state index in [2.05, 4.69) is 4.98 Å². The van der Waals surface area contributed by atoms with E-state index in [1.165, 1.54) is 24.3 Å². The van der Waals surface area contributed by atoms with Gasteiger partial charge in [-0.05, 0) is 42.5 Å². The molecule has 0 unspecified atom stereocenters. The van der Waals surface area contributed by atoms with E-state index >= 15 is 0 Å². The lowest BCUT2D eigenvalue weighted by atomic mass is 10.1. The van der Waals surface area contributed by atoms with Gasteiger partial charge in [0.2, 0.25) is 0 Å². The molecular weight excluding hydrogens is 554 g/mol. The first-order chi connectivity index (χ1) is 17.4. The van der Waals surface area contributed by atoms with Gasteiger partial charge in [0.1, 0.15) is 5.82 Å². The second-order valence-electron chi connectivity index (χ2n) is 8.14. The van der Waals surface area contributed by atoms with Gasteiger partial charge in [-0.3, -0.25) is 14.5 Å². The summed E-state index contributed by atoms with van der Waals surface area (Å²) < 4.78 is 67.9. The van der Waals surface area contributed by atoms with Crippen LogP contribution in [0.25, 0.3) is 11.0 Å². The van der Waals surface area contributed by atoms with E-state index in [1.807, 2.05) is 0 Å². The van der Waals surface area contributed by atoms with Crippen LogP contribution >= 0.6 is 23.2 Å². The zero-order valence-electron chi connectivity index (χ0n) is 18.5. The number of benzene rings is 3. The fraction of sp³-hybridized carbons (Fsp3) is 0.125. The molecule has 0 fully saturated rings. The van der Waals surface area contributed by atoms with Crippen molar-refractivity contribution in [2.75, 3.05) is 6.54 Å². The van der Waals surface area contributed by atoms with Gasteiger partial charge < -0.3 is 0 Å². The zero-order valence-corrected chi connectivity index (χ0v) is 20.8. The lowest BCUT2D eigenvalue weighted by molar-refractivity contribution is -0.137. The Kier molecular flexibility index (Phi) is 6.05. The van der Waals surface area contributed by atoms with Gasteiger partial charge in [-0.15, -0.1) is 0 Å². The molecule has 0 saturated heterocycles. The maximum absolute atomic E-state index is 13.6. The van der Waals surface area contributed by atoms with Crippen molar-refractivity contribution in [3.63, 3.8) is 0 Å². The number of amides is 2. The Morgan fingerprint density at radius 1 is 0.865 bits per heavy atom. The van der Waals surface area contributed by atoms with E-state index in [-0.39, 0.29) is 51.0 Å². The summed E-state index contributed by atoms with van der Waals surface area (Å²) in [7, 11) is -4.63. The molecule has 1 aliphatic heterocycles. The van der Waals surface area contributed by atoms with Crippen molar-refractivity contribution in [1.29, 1.82) is 0 Å². The molecule has 7 nitrogen and oxygen atoms in total. The van der Waals surface area contributed by atoms with Gasteiger partial charge in [-0.2, -0.15) is 13.2 Å². The highest BCUT2D eigenvalue weighted by atomic mass is 35.5. The predicted molar refractivity (Wildman–Crippen MR) is 129 cm³/mol. The van der Waals surface area contributed by atoms with Crippen LogP contribution in [0.2, 0.25) is 10.0 Å². The molecule has 0 N–H and O–H groups in total. The maximum Gasteiger partial charge on any atom is 0.416 e. The van der Waals surface area contributed by atoms with Gasteiger partial charge in [0.25, 0.3) is 21.8 Å². The molecule has 2 amide bonds. The smallest absolute Gasteiger partial charge is 0.274 e. The van der Waals surface area contributed by atoms with Gasteiger partial charge in [-0.1, -0.05) is 41.4 Å². The Bertz CT molecular complexity index is 1680. The minimum absolute atomic E-state index is 0.00135. The van der Waals surface area contributed by atoms with Crippen LogP contribution in [0.5, 0.6) is 0 Å². The number of carbonyl (C=O) groups is 2. The first-order valence-corrected chi connectivity index (χ1v) is 12.8. The highest BCUT2D eigenvalue weighted by Gasteiger charge is 2.36. The minimum Gasteiger partial charge on any atom is -0.274 e. The van der Waals surface area contributed by atoms with Gasteiger partial charge in [0, 0.05) is 13.0 Å². The molecule has 4 aromatic rings. The molecule has 5 rings (SSSR count). The van der Waals surface area contributed by atoms with Crippen molar-refractivity contribution in [2.24, 2.45) is 0 Å². The summed E-state index contributed by atoms with van der Waals surface area (Å²) in [6.45, 7) is -0.227. The number of hydrogen-bond acceptors (Lipinski definition) is 5. The number of hydrogen-bond donors (Lipinski definition) is 0. The number of rotatable bonds is 5. The number of nitrogens with zero attached hydrogens (tertiary/aromatic N) is 3. The summed E-state index contributed by atoms with van der Waals surface area (Å²) in [6.07, 6.45) is -4.98. The zero-order chi connectivity index (χ0) is 26.7. The number of carbonyl (C=O) groups excluding carboxylic acids is 2.